The molecule has 0 fully saturated rings. The Morgan fingerprint density at radius 3 is 1.88 bits per heavy atom. The number of benzene rings is 8. The van der Waals surface area contributed by atoms with E-state index in [2.05, 4.69) is 196 Å². The first kappa shape index (κ1) is 31.1. The van der Waals surface area contributed by atoms with E-state index in [1.165, 1.54) is 81.0 Å². The third kappa shape index (κ3) is 5.49. The van der Waals surface area contributed by atoms with Crippen LogP contribution in [0.2, 0.25) is 0 Å². The van der Waals surface area contributed by atoms with Crippen molar-refractivity contribution in [2.45, 2.75) is 20.8 Å². The molecular weight excluding hydrogens is 635 g/mol. The van der Waals surface area contributed by atoms with Gasteiger partial charge in [0.25, 0.3) is 0 Å². The van der Waals surface area contributed by atoms with Gasteiger partial charge in [0.1, 0.15) is 0 Å². The van der Waals surface area contributed by atoms with Gasteiger partial charge in [-0.15, -0.1) is 11.3 Å². The van der Waals surface area contributed by atoms with Crippen LogP contribution in [0.5, 0.6) is 0 Å². The van der Waals surface area contributed by atoms with E-state index in [1.807, 2.05) is 11.3 Å². The van der Waals surface area contributed by atoms with Crippen molar-refractivity contribution >= 4 is 59.3 Å². The Bertz CT molecular complexity index is 2730. The smallest absolute Gasteiger partial charge is 0.0540 e. The van der Waals surface area contributed by atoms with E-state index in [9.17, 15) is 0 Å². The number of fused-ring (bicyclic) bond motifs is 4. The number of rotatable bonds is 6. The van der Waals surface area contributed by atoms with Gasteiger partial charge in [0, 0.05) is 36.9 Å². The SMILES string of the molecule is Cc1cccc(N(c2ccc(-c3cccc4c3sc3ccccc34)cc2)c2ccc(-c3ccc(C)c(-c4ccccc4C)c3)c3ccccc23)c1. The fourth-order valence-electron chi connectivity index (χ4n) is 7.64. The van der Waals surface area contributed by atoms with Gasteiger partial charge in [-0.05, 0) is 119 Å². The molecular formula is C49H37NS. The topological polar surface area (TPSA) is 3.24 Å². The second-order valence-electron chi connectivity index (χ2n) is 13.5. The van der Waals surface area contributed by atoms with Crippen LogP contribution in [0.1, 0.15) is 16.7 Å². The first-order valence-electron chi connectivity index (χ1n) is 17.6. The van der Waals surface area contributed by atoms with Gasteiger partial charge in [0.05, 0.1) is 5.69 Å². The molecule has 1 heterocycles. The van der Waals surface area contributed by atoms with Crippen molar-refractivity contribution in [1.82, 2.24) is 0 Å². The molecule has 1 nitrogen and oxygen atoms in total. The van der Waals surface area contributed by atoms with Crippen LogP contribution in [0.3, 0.4) is 0 Å². The molecule has 0 aliphatic carbocycles. The molecule has 0 unspecified atom stereocenters. The Balaban J connectivity index is 1.18. The maximum absolute atomic E-state index is 2.41. The van der Waals surface area contributed by atoms with E-state index in [0.717, 1.165) is 17.1 Å². The van der Waals surface area contributed by atoms with Gasteiger partial charge < -0.3 is 4.90 Å². The molecule has 9 rings (SSSR count). The molecule has 0 aliphatic heterocycles. The van der Waals surface area contributed by atoms with Crippen LogP contribution in [-0.4, -0.2) is 0 Å². The lowest BCUT2D eigenvalue weighted by molar-refractivity contribution is 1.28. The molecule has 2 heteroatoms. The van der Waals surface area contributed by atoms with Crippen LogP contribution in [-0.2, 0) is 0 Å². The number of thiophene rings is 1. The van der Waals surface area contributed by atoms with Crippen LogP contribution in [0.15, 0.2) is 170 Å². The highest BCUT2D eigenvalue weighted by Crippen LogP contribution is 2.44. The van der Waals surface area contributed by atoms with Crippen LogP contribution in [0, 0.1) is 20.8 Å². The summed E-state index contributed by atoms with van der Waals surface area (Å²) in [5.74, 6) is 0. The van der Waals surface area contributed by atoms with Crippen LogP contribution in [0.25, 0.3) is 64.3 Å². The van der Waals surface area contributed by atoms with E-state index in [4.69, 9.17) is 0 Å². The summed E-state index contributed by atoms with van der Waals surface area (Å²) >= 11 is 1.88. The molecule has 8 aromatic carbocycles. The standard InChI is InChI=1S/C49H37NS/c1-32-12-10-14-38(30-32)50(37-26-24-35(25-27-37)41-19-11-20-45-44-18-8-9-21-48(44)51-49(41)45)47-29-28-40(42-16-6-7-17-43(42)47)36-23-22-34(3)46(31-36)39-15-5-4-13-33(39)2/h4-31H,1-3H3. The Morgan fingerprint density at radius 2 is 1.06 bits per heavy atom. The van der Waals surface area contributed by atoms with Gasteiger partial charge in [-0.2, -0.15) is 0 Å². The Morgan fingerprint density at radius 1 is 0.392 bits per heavy atom. The lowest BCUT2D eigenvalue weighted by Crippen LogP contribution is -2.10. The maximum atomic E-state index is 2.41. The zero-order chi connectivity index (χ0) is 34.5. The Labute approximate surface area is 303 Å². The van der Waals surface area contributed by atoms with Gasteiger partial charge in [0.15, 0.2) is 0 Å². The normalized spacial score (nSPS) is 11.4. The second kappa shape index (κ2) is 12.7. The summed E-state index contributed by atoms with van der Waals surface area (Å²) in [7, 11) is 0. The van der Waals surface area contributed by atoms with Crippen molar-refractivity contribution in [2.24, 2.45) is 0 Å². The predicted octanol–water partition coefficient (Wildman–Crippen LogP) is 14.6. The van der Waals surface area contributed by atoms with Gasteiger partial charge in [-0.3, -0.25) is 0 Å². The highest BCUT2D eigenvalue weighted by Gasteiger charge is 2.19. The van der Waals surface area contributed by atoms with Gasteiger partial charge in [0.2, 0.25) is 0 Å². The number of anilines is 3. The van der Waals surface area contributed by atoms with Crippen LogP contribution in [0.4, 0.5) is 17.1 Å². The highest BCUT2D eigenvalue weighted by atomic mass is 32.1. The zero-order valence-corrected chi connectivity index (χ0v) is 29.8. The Hall–Kier alpha value is -5.96. The number of hydrogen-bond acceptors (Lipinski definition) is 2. The van der Waals surface area contributed by atoms with Crippen molar-refractivity contribution in [3.05, 3.63) is 187 Å². The minimum Gasteiger partial charge on any atom is -0.310 e. The van der Waals surface area contributed by atoms with Crippen molar-refractivity contribution in [3.63, 3.8) is 0 Å². The molecule has 0 saturated carbocycles. The summed E-state index contributed by atoms with van der Waals surface area (Å²) in [6.07, 6.45) is 0. The third-order valence-electron chi connectivity index (χ3n) is 10.2. The molecule has 0 radical (unpaired) electrons. The van der Waals surface area contributed by atoms with E-state index < -0.39 is 0 Å². The Kier molecular flexibility index (Phi) is 7.75. The fourth-order valence-corrected chi connectivity index (χ4v) is 8.88. The van der Waals surface area contributed by atoms with E-state index in [0.29, 0.717) is 0 Å². The monoisotopic (exact) mass is 671 g/mol. The molecule has 1 aromatic heterocycles. The van der Waals surface area contributed by atoms with Crippen molar-refractivity contribution < 1.29 is 0 Å². The molecule has 9 aromatic rings. The molecule has 51 heavy (non-hydrogen) atoms. The van der Waals surface area contributed by atoms with Crippen molar-refractivity contribution in [2.75, 3.05) is 4.90 Å². The summed E-state index contributed by atoms with van der Waals surface area (Å²) in [6, 6.07) is 62.4. The second-order valence-corrected chi connectivity index (χ2v) is 14.6. The average Bonchev–Trinajstić information content (AvgIpc) is 3.55. The van der Waals surface area contributed by atoms with Gasteiger partial charge in [-0.1, -0.05) is 127 Å². The lowest BCUT2D eigenvalue weighted by Gasteiger charge is -2.28. The summed E-state index contributed by atoms with van der Waals surface area (Å²) < 4.78 is 2.67. The van der Waals surface area contributed by atoms with Gasteiger partial charge in [-0.25, -0.2) is 0 Å². The van der Waals surface area contributed by atoms with Crippen molar-refractivity contribution in [1.29, 1.82) is 0 Å². The first-order chi connectivity index (χ1) is 25.0. The van der Waals surface area contributed by atoms with E-state index in [-0.39, 0.29) is 0 Å². The van der Waals surface area contributed by atoms with Crippen LogP contribution >= 0.6 is 11.3 Å². The summed E-state index contributed by atoms with van der Waals surface area (Å²) in [5.41, 5.74) is 14.8. The minimum atomic E-state index is 1.13. The summed E-state index contributed by atoms with van der Waals surface area (Å²) in [4.78, 5) is 2.41. The quantitative estimate of drug-likeness (QED) is 0.170. The van der Waals surface area contributed by atoms with E-state index in [1.54, 1.807) is 0 Å². The molecule has 244 valence electrons. The summed E-state index contributed by atoms with van der Waals surface area (Å²) in [6.45, 7) is 6.57. The first-order valence-corrected chi connectivity index (χ1v) is 18.4. The average molecular weight is 672 g/mol. The molecule has 0 N–H and O–H groups in total. The molecule has 0 amide bonds. The molecule has 0 bridgehead atoms. The minimum absolute atomic E-state index is 1.13. The highest BCUT2D eigenvalue weighted by molar-refractivity contribution is 7.26. The number of nitrogens with zero attached hydrogens (tertiary/aromatic N) is 1. The molecule has 0 spiro atoms. The van der Waals surface area contributed by atoms with Crippen molar-refractivity contribution in [3.8, 4) is 33.4 Å². The lowest BCUT2D eigenvalue weighted by atomic mass is 9.90. The number of hydrogen-bond donors (Lipinski definition) is 0. The largest absolute Gasteiger partial charge is 0.310 e. The fraction of sp³-hybridized carbons (Fsp3) is 0.0612. The zero-order valence-electron chi connectivity index (χ0n) is 29.0. The van der Waals surface area contributed by atoms with E-state index >= 15 is 0 Å². The summed E-state index contributed by atoms with van der Waals surface area (Å²) in [5, 5.41) is 5.10. The molecule has 0 saturated heterocycles. The maximum Gasteiger partial charge on any atom is 0.0540 e. The molecule has 0 atom stereocenters. The predicted molar refractivity (Wildman–Crippen MR) is 222 cm³/mol. The third-order valence-corrected chi connectivity index (χ3v) is 11.4. The van der Waals surface area contributed by atoms with Gasteiger partial charge >= 0.3 is 0 Å². The molecule has 0 aliphatic rings. The van der Waals surface area contributed by atoms with Crippen LogP contribution < -0.4 is 4.90 Å². The number of aryl methyl sites for hydroxylation is 3.